The monoisotopic (exact) mass is 236 g/mol. The van der Waals surface area contributed by atoms with Gasteiger partial charge in [-0.15, -0.1) is 0 Å². The molecule has 0 spiro atoms. The van der Waals surface area contributed by atoms with Gasteiger partial charge in [-0.3, -0.25) is 9.89 Å². The molecule has 17 heavy (non-hydrogen) atoms. The van der Waals surface area contributed by atoms with E-state index in [0.717, 1.165) is 5.69 Å². The van der Waals surface area contributed by atoms with Crippen molar-refractivity contribution in [1.82, 2.24) is 10.2 Å². The number of nitrogen functional groups attached to an aromatic ring is 1. The first-order valence-electron chi connectivity index (χ1n) is 6.27. The lowest BCUT2D eigenvalue weighted by molar-refractivity contribution is -0.117. The van der Waals surface area contributed by atoms with Crippen LogP contribution in [0.15, 0.2) is 0 Å². The third-order valence-corrected chi connectivity index (χ3v) is 3.45. The summed E-state index contributed by atoms with van der Waals surface area (Å²) in [6.45, 7) is 1.83. The van der Waals surface area contributed by atoms with Crippen LogP contribution in [0.4, 0.5) is 11.5 Å². The molecular weight excluding hydrogens is 216 g/mol. The van der Waals surface area contributed by atoms with E-state index in [0.29, 0.717) is 23.8 Å². The summed E-state index contributed by atoms with van der Waals surface area (Å²) in [5.74, 6) is 1.02. The molecule has 0 atom stereocenters. The van der Waals surface area contributed by atoms with E-state index in [1.165, 1.54) is 32.1 Å². The predicted molar refractivity (Wildman–Crippen MR) is 67.6 cm³/mol. The summed E-state index contributed by atoms with van der Waals surface area (Å²) in [7, 11) is 0. The molecule has 0 saturated heterocycles. The number of nitrogens with zero attached hydrogens (tertiary/aromatic N) is 1. The Morgan fingerprint density at radius 2 is 2.18 bits per heavy atom. The lowest BCUT2D eigenvalue weighted by Gasteiger charge is -2.20. The Kier molecular flexibility index (Phi) is 3.66. The Labute approximate surface area is 101 Å². The molecule has 1 aliphatic carbocycles. The van der Waals surface area contributed by atoms with Gasteiger partial charge in [-0.05, 0) is 25.7 Å². The van der Waals surface area contributed by atoms with Gasteiger partial charge >= 0.3 is 0 Å². The number of nitrogens with two attached hydrogens (primary N) is 1. The third kappa shape index (κ3) is 2.99. The van der Waals surface area contributed by atoms with Crippen LogP contribution in [-0.2, 0) is 4.79 Å². The van der Waals surface area contributed by atoms with Crippen molar-refractivity contribution >= 4 is 17.4 Å². The number of aryl methyl sites for hydroxylation is 1. The van der Waals surface area contributed by atoms with E-state index >= 15 is 0 Å². The summed E-state index contributed by atoms with van der Waals surface area (Å²) >= 11 is 0. The van der Waals surface area contributed by atoms with E-state index in [1.54, 1.807) is 0 Å². The number of rotatable bonds is 3. The van der Waals surface area contributed by atoms with Gasteiger partial charge in [0.2, 0.25) is 5.91 Å². The first kappa shape index (κ1) is 12.0. The number of aromatic nitrogens is 2. The summed E-state index contributed by atoms with van der Waals surface area (Å²) in [6.07, 6.45) is 6.74. The molecule has 5 heteroatoms. The lowest BCUT2D eigenvalue weighted by atomic mass is 9.87. The zero-order valence-corrected chi connectivity index (χ0v) is 10.3. The summed E-state index contributed by atoms with van der Waals surface area (Å²) < 4.78 is 0. The smallest absolute Gasteiger partial charge is 0.225 e. The molecule has 94 valence electrons. The molecule has 1 amide bonds. The van der Waals surface area contributed by atoms with Gasteiger partial charge in [-0.25, -0.2) is 0 Å². The normalized spacial score (nSPS) is 17.0. The lowest BCUT2D eigenvalue weighted by Crippen LogP contribution is -2.19. The second-order valence-corrected chi connectivity index (χ2v) is 4.87. The molecule has 0 aliphatic heterocycles. The molecule has 0 radical (unpaired) electrons. The number of anilines is 2. The van der Waals surface area contributed by atoms with Gasteiger partial charge in [0.15, 0.2) is 5.82 Å². The highest BCUT2D eigenvalue weighted by Crippen LogP contribution is 2.27. The fourth-order valence-electron chi connectivity index (χ4n) is 2.37. The van der Waals surface area contributed by atoms with Crippen LogP contribution in [-0.4, -0.2) is 16.1 Å². The molecule has 0 unspecified atom stereocenters. The van der Waals surface area contributed by atoms with Gasteiger partial charge in [0.05, 0.1) is 11.4 Å². The highest BCUT2D eigenvalue weighted by Gasteiger charge is 2.18. The van der Waals surface area contributed by atoms with E-state index in [-0.39, 0.29) is 5.91 Å². The Hall–Kier alpha value is -1.52. The molecule has 1 aliphatic rings. The average molecular weight is 236 g/mol. The van der Waals surface area contributed by atoms with E-state index < -0.39 is 0 Å². The third-order valence-electron chi connectivity index (χ3n) is 3.45. The van der Waals surface area contributed by atoms with Crippen molar-refractivity contribution in [3.05, 3.63) is 5.69 Å². The second-order valence-electron chi connectivity index (χ2n) is 4.87. The Balaban J connectivity index is 1.86. The van der Waals surface area contributed by atoms with E-state index in [4.69, 9.17) is 5.73 Å². The van der Waals surface area contributed by atoms with Crippen LogP contribution < -0.4 is 11.1 Å². The Bertz CT molecular complexity index is 393. The van der Waals surface area contributed by atoms with Crippen LogP contribution in [0.2, 0.25) is 0 Å². The maximum absolute atomic E-state index is 11.8. The zero-order chi connectivity index (χ0) is 12.3. The first-order valence-corrected chi connectivity index (χ1v) is 6.27. The average Bonchev–Trinajstić information content (AvgIpc) is 2.62. The molecule has 1 heterocycles. The van der Waals surface area contributed by atoms with Gasteiger partial charge < -0.3 is 11.1 Å². The highest BCUT2D eigenvalue weighted by molar-refractivity contribution is 5.92. The zero-order valence-electron chi connectivity index (χ0n) is 10.3. The van der Waals surface area contributed by atoms with Crippen molar-refractivity contribution in [3.63, 3.8) is 0 Å². The maximum atomic E-state index is 11.8. The van der Waals surface area contributed by atoms with Crippen LogP contribution in [0.5, 0.6) is 0 Å². The molecule has 2 rings (SSSR count). The van der Waals surface area contributed by atoms with Crippen LogP contribution in [0, 0.1) is 12.8 Å². The second kappa shape index (κ2) is 5.21. The van der Waals surface area contributed by atoms with Crippen molar-refractivity contribution in [2.75, 3.05) is 11.1 Å². The molecule has 1 saturated carbocycles. The van der Waals surface area contributed by atoms with E-state index in [9.17, 15) is 4.79 Å². The van der Waals surface area contributed by atoms with Gasteiger partial charge in [0.1, 0.15) is 0 Å². The fourth-order valence-corrected chi connectivity index (χ4v) is 2.37. The predicted octanol–water partition coefficient (Wildman–Crippen LogP) is 2.21. The summed E-state index contributed by atoms with van der Waals surface area (Å²) in [4.78, 5) is 11.8. The number of hydrogen-bond acceptors (Lipinski definition) is 3. The van der Waals surface area contributed by atoms with Crippen molar-refractivity contribution in [1.29, 1.82) is 0 Å². The quantitative estimate of drug-likeness (QED) is 0.752. The summed E-state index contributed by atoms with van der Waals surface area (Å²) in [5, 5.41) is 9.49. The molecule has 1 fully saturated rings. The maximum Gasteiger partial charge on any atom is 0.225 e. The molecule has 4 N–H and O–H groups in total. The summed E-state index contributed by atoms with van der Waals surface area (Å²) in [5.41, 5.74) is 7.09. The molecule has 1 aromatic heterocycles. The summed E-state index contributed by atoms with van der Waals surface area (Å²) in [6, 6.07) is 0. The van der Waals surface area contributed by atoms with Crippen LogP contribution in [0.3, 0.4) is 0 Å². The SMILES string of the molecule is Cc1[nH]nc(NC(=O)CC2CCCCC2)c1N. The van der Waals surface area contributed by atoms with Crippen LogP contribution in [0.1, 0.15) is 44.2 Å². The van der Waals surface area contributed by atoms with Gasteiger partial charge in [0, 0.05) is 6.42 Å². The molecule has 0 aromatic carbocycles. The topological polar surface area (TPSA) is 83.8 Å². The van der Waals surface area contributed by atoms with Crippen LogP contribution in [0.25, 0.3) is 0 Å². The molecule has 5 nitrogen and oxygen atoms in total. The van der Waals surface area contributed by atoms with E-state index in [1.807, 2.05) is 6.92 Å². The van der Waals surface area contributed by atoms with Crippen LogP contribution >= 0.6 is 0 Å². The number of H-pyrrole nitrogens is 1. The molecule has 1 aromatic rings. The fraction of sp³-hybridized carbons (Fsp3) is 0.667. The Morgan fingerprint density at radius 1 is 1.47 bits per heavy atom. The van der Waals surface area contributed by atoms with E-state index in [2.05, 4.69) is 15.5 Å². The van der Waals surface area contributed by atoms with Gasteiger partial charge in [-0.1, -0.05) is 19.3 Å². The largest absolute Gasteiger partial charge is 0.394 e. The number of hydrogen-bond donors (Lipinski definition) is 3. The highest BCUT2D eigenvalue weighted by atomic mass is 16.1. The minimum Gasteiger partial charge on any atom is -0.394 e. The first-order chi connectivity index (χ1) is 8.16. The van der Waals surface area contributed by atoms with Gasteiger partial charge in [0.25, 0.3) is 0 Å². The standard InChI is InChI=1S/C12H20N4O/c1-8-11(13)12(16-15-8)14-10(17)7-9-5-3-2-4-6-9/h9H,2-7,13H2,1H3,(H2,14,15,16,17). The van der Waals surface area contributed by atoms with Crippen molar-refractivity contribution < 1.29 is 4.79 Å². The number of carbonyl (C=O) groups is 1. The number of amides is 1. The van der Waals surface area contributed by atoms with Gasteiger partial charge in [-0.2, -0.15) is 5.10 Å². The molecule has 0 bridgehead atoms. The van der Waals surface area contributed by atoms with Crippen molar-refractivity contribution in [2.24, 2.45) is 5.92 Å². The minimum atomic E-state index is 0.0232. The van der Waals surface area contributed by atoms with Crippen molar-refractivity contribution in [2.45, 2.75) is 45.4 Å². The number of aromatic amines is 1. The minimum absolute atomic E-state index is 0.0232. The Morgan fingerprint density at radius 3 is 2.76 bits per heavy atom. The number of carbonyl (C=O) groups excluding carboxylic acids is 1. The number of nitrogens with one attached hydrogen (secondary N) is 2. The molecular formula is C12H20N4O. The van der Waals surface area contributed by atoms with Crippen molar-refractivity contribution in [3.8, 4) is 0 Å².